The third-order valence-electron chi connectivity index (χ3n) is 6.48. The highest BCUT2D eigenvalue weighted by atomic mass is 16.5. The van der Waals surface area contributed by atoms with Crippen LogP contribution in [0.15, 0.2) is 72.3 Å². The van der Waals surface area contributed by atoms with E-state index in [0.29, 0.717) is 28.3 Å². The predicted molar refractivity (Wildman–Crippen MR) is 141 cm³/mol. The van der Waals surface area contributed by atoms with Crippen LogP contribution in [-0.2, 0) is 15.0 Å². The molecule has 0 radical (unpaired) electrons. The van der Waals surface area contributed by atoms with E-state index in [0.717, 1.165) is 11.1 Å². The van der Waals surface area contributed by atoms with Crippen molar-refractivity contribution in [2.24, 2.45) is 0 Å². The molecule has 1 heterocycles. The molecule has 0 aliphatic carbocycles. The number of hydrogen-bond donors (Lipinski definition) is 1. The minimum Gasteiger partial charge on any atom is -0.507 e. The number of carbonyl (C=O) groups is 2. The molecular weight excluding hydrogens is 454 g/mol. The van der Waals surface area contributed by atoms with Crippen LogP contribution in [0.1, 0.15) is 49.1 Å². The van der Waals surface area contributed by atoms with Crippen molar-refractivity contribution < 1.29 is 24.2 Å². The lowest BCUT2D eigenvalue weighted by Crippen LogP contribution is -2.29. The summed E-state index contributed by atoms with van der Waals surface area (Å²) in [6.07, 6.45) is 0. The number of benzene rings is 3. The summed E-state index contributed by atoms with van der Waals surface area (Å²) >= 11 is 0. The van der Waals surface area contributed by atoms with Crippen molar-refractivity contribution in [3.8, 4) is 11.5 Å². The fourth-order valence-corrected chi connectivity index (χ4v) is 4.48. The van der Waals surface area contributed by atoms with Crippen molar-refractivity contribution in [2.45, 2.75) is 39.2 Å². The highest BCUT2D eigenvalue weighted by Gasteiger charge is 2.47. The van der Waals surface area contributed by atoms with E-state index in [9.17, 15) is 14.7 Å². The molecule has 1 aliphatic heterocycles. The van der Waals surface area contributed by atoms with E-state index < -0.39 is 17.7 Å². The van der Waals surface area contributed by atoms with E-state index in [2.05, 4.69) is 20.8 Å². The average Bonchev–Trinajstić information content (AvgIpc) is 3.13. The molecule has 1 amide bonds. The molecule has 0 aromatic heterocycles. The van der Waals surface area contributed by atoms with Gasteiger partial charge in [-0.2, -0.15) is 0 Å². The first-order valence-electron chi connectivity index (χ1n) is 11.8. The van der Waals surface area contributed by atoms with E-state index in [1.807, 2.05) is 37.3 Å². The second kappa shape index (κ2) is 9.53. The predicted octanol–water partition coefficient (Wildman–Crippen LogP) is 5.94. The molecule has 0 saturated carbocycles. The van der Waals surface area contributed by atoms with E-state index in [1.54, 1.807) is 43.5 Å². The van der Waals surface area contributed by atoms with Gasteiger partial charge in [0.25, 0.3) is 11.7 Å². The molecule has 186 valence electrons. The lowest BCUT2D eigenvalue weighted by atomic mass is 9.85. The summed E-state index contributed by atoms with van der Waals surface area (Å²) in [5.41, 5.74) is 3.32. The number of aliphatic hydroxyl groups excluding tert-OH is 1. The van der Waals surface area contributed by atoms with E-state index in [1.165, 1.54) is 12.0 Å². The highest BCUT2D eigenvalue weighted by molar-refractivity contribution is 6.51. The molecule has 1 saturated heterocycles. The van der Waals surface area contributed by atoms with Crippen molar-refractivity contribution in [1.82, 2.24) is 0 Å². The topological polar surface area (TPSA) is 76.1 Å². The molecule has 1 fully saturated rings. The molecule has 0 spiro atoms. The molecule has 1 atom stereocenters. The molecular formula is C30H31NO5. The zero-order valence-corrected chi connectivity index (χ0v) is 21.5. The standard InChI is InChI=1S/C30H31NO5/c1-18-8-7-9-21(16-18)31-26(19-10-13-22(35-5)14-11-19)25(28(33)29(31)34)27(32)23-17-20(30(2,3)4)12-15-24(23)36-6/h7-17,26,32H,1-6H3/b27-25+. The second-order valence-corrected chi connectivity index (χ2v) is 9.95. The van der Waals surface area contributed by atoms with Crippen molar-refractivity contribution >= 4 is 23.1 Å². The molecule has 1 unspecified atom stereocenters. The van der Waals surface area contributed by atoms with Crippen LogP contribution >= 0.6 is 0 Å². The van der Waals surface area contributed by atoms with Crippen LogP contribution in [0, 0.1) is 6.92 Å². The lowest BCUT2D eigenvalue weighted by Gasteiger charge is -2.26. The van der Waals surface area contributed by atoms with Gasteiger partial charge in [-0.15, -0.1) is 0 Å². The van der Waals surface area contributed by atoms with Gasteiger partial charge in [-0.3, -0.25) is 14.5 Å². The van der Waals surface area contributed by atoms with Crippen molar-refractivity contribution in [2.75, 3.05) is 19.1 Å². The van der Waals surface area contributed by atoms with Crippen LogP contribution in [0.3, 0.4) is 0 Å². The largest absolute Gasteiger partial charge is 0.507 e. The summed E-state index contributed by atoms with van der Waals surface area (Å²) in [5, 5.41) is 11.6. The van der Waals surface area contributed by atoms with E-state index in [4.69, 9.17) is 9.47 Å². The van der Waals surface area contributed by atoms with Crippen LogP contribution in [0.5, 0.6) is 11.5 Å². The van der Waals surface area contributed by atoms with Gasteiger partial charge >= 0.3 is 0 Å². The number of methoxy groups -OCH3 is 2. The highest BCUT2D eigenvalue weighted by Crippen LogP contribution is 2.44. The number of carbonyl (C=O) groups excluding carboxylic acids is 2. The molecule has 6 nitrogen and oxygen atoms in total. The number of aryl methyl sites for hydroxylation is 1. The molecule has 6 heteroatoms. The fraction of sp³-hybridized carbons (Fsp3) is 0.267. The monoisotopic (exact) mass is 485 g/mol. The fourth-order valence-electron chi connectivity index (χ4n) is 4.48. The normalized spacial score (nSPS) is 17.4. The van der Waals surface area contributed by atoms with Crippen molar-refractivity contribution in [3.05, 3.63) is 94.6 Å². The van der Waals surface area contributed by atoms with Gasteiger partial charge < -0.3 is 14.6 Å². The molecule has 3 aromatic rings. The van der Waals surface area contributed by atoms with Crippen LogP contribution in [-0.4, -0.2) is 31.0 Å². The number of nitrogens with zero attached hydrogens (tertiary/aromatic N) is 1. The Kier molecular flexibility index (Phi) is 6.63. The SMILES string of the molecule is COc1ccc(C2/C(=C(\O)c3cc(C(C)(C)C)ccc3OC)C(=O)C(=O)N2c2cccc(C)c2)cc1. The summed E-state index contributed by atoms with van der Waals surface area (Å²) < 4.78 is 10.8. The van der Waals surface area contributed by atoms with E-state index in [-0.39, 0.29) is 16.7 Å². The quantitative estimate of drug-likeness (QED) is 0.275. The van der Waals surface area contributed by atoms with Gasteiger partial charge in [-0.1, -0.05) is 51.1 Å². The zero-order chi connectivity index (χ0) is 26.2. The number of Topliss-reactive ketones (excluding diaryl/α,β-unsaturated/α-hetero) is 1. The number of ether oxygens (including phenoxy) is 2. The number of amides is 1. The smallest absolute Gasteiger partial charge is 0.300 e. The van der Waals surface area contributed by atoms with Gasteiger partial charge in [0.1, 0.15) is 17.3 Å². The molecule has 0 bridgehead atoms. The van der Waals surface area contributed by atoms with Gasteiger partial charge in [-0.05, 0) is 65.4 Å². The van der Waals surface area contributed by atoms with Crippen LogP contribution in [0.4, 0.5) is 5.69 Å². The Labute approximate surface area is 211 Å². The Balaban J connectivity index is 1.99. The minimum absolute atomic E-state index is 0.0102. The van der Waals surface area contributed by atoms with Gasteiger partial charge in [-0.25, -0.2) is 0 Å². The number of aliphatic hydroxyl groups is 1. The van der Waals surface area contributed by atoms with Gasteiger partial charge in [0.15, 0.2) is 0 Å². The number of hydrogen-bond acceptors (Lipinski definition) is 5. The van der Waals surface area contributed by atoms with Crippen molar-refractivity contribution in [1.29, 1.82) is 0 Å². The summed E-state index contributed by atoms with van der Waals surface area (Å²) in [6, 6.07) is 19.2. The Morgan fingerprint density at radius 1 is 0.917 bits per heavy atom. The number of anilines is 1. The lowest BCUT2D eigenvalue weighted by molar-refractivity contribution is -0.132. The average molecular weight is 486 g/mol. The first kappa shape index (κ1) is 25.0. The van der Waals surface area contributed by atoms with Crippen LogP contribution in [0.25, 0.3) is 5.76 Å². The zero-order valence-electron chi connectivity index (χ0n) is 21.5. The molecule has 36 heavy (non-hydrogen) atoms. The number of rotatable bonds is 5. The van der Waals surface area contributed by atoms with Crippen LogP contribution < -0.4 is 14.4 Å². The maximum Gasteiger partial charge on any atom is 0.300 e. The summed E-state index contributed by atoms with van der Waals surface area (Å²) in [5.74, 6) is -0.666. The van der Waals surface area contributed by atoms with Gasteiger partial charge in [0, 0.05) is 5.69 Å². The Morgan fingerprint density at radius 3 is 2.19 bits per heavy atom. The maximum absolute atomic E-state index is 13.5. The van der Waals surface area contributed by atoms with Crippen molar-refractivity contribution in [3.63, 3.8) is 0 Å². The Hall–Kier alpha value is -4.06. The second-order valence-electron chi connectivity index (χ2n) is 9.95. The van der Waals surface area contributed by atoms with Crippen LogP contribution in [0.2, 0.25) is 0 Å². The maximum atomic E-state index is 13.5. The summed E-state index contributed by atoms with van der Waals surface area (Å²) in [6.45, 7) is 8.11. The van der Waals surface area contributed by atoms with Gasteiger partial charge in [0.2, 0.25) is 0 Å². The first-order valence-corrected chi connectivity index (χ1v) is 11.8. The Bertz CT molecular complexity index is 1350. The van der Waals surface area contributed by atoms with Gasteiger partial charge in [0.05, 0.1) is 31.4 Å². The molecule has 1 N–H and O–H groups in total. The minimum atomic E-state index is -0.833. The third-order valence-corrected chi connectivity index (χ3v) is 6.48. The third kappa shape index (κ3) is 4.47. The summed E-state index contributed by atoms with van der Waals surface area (Å²) in [4.78, 5) is 28.4. The molecule has 1 aliphatic rings. The Morgan fingerprint density at radius 2 is 1.61 bits per heavy atom. The summed E-state index contributed by atoms with van der Waals surface area (Å²) in [7, 11) is 3.08. The first-order chi connectivity index (χ1) is 17.1. The van der Waals surface area contributed by atoms with E-state index >= 15 is 0 Å². The molecule has 3 aromatic carbocycles. The number of ketones is 1. The molecule has 4 rings (SSSR count).